The number of halogens is 1. The molecule has 1 rings (SSSR count). The fourth-order valence-electron chi connectivity index (χ4n) is 0.868. The second-order valence-corrected chi connectivity index (χ2v) is 2.20. The first-order valence-corrected chi connectivity index (χ1v) is 3.32. The van der Waals surface area contributed by atoms with E-state index < -0.39 is 0 Å². The molecule has 0 saturated carbocycles. The lowest BCUT2D eigenvalue weighted by Gasteiger charge is -2.08. The Labute approximate surface area is 54.4 Å². The number of ether oxygens (including phenoxy) is 1. The smallest absolute Gasteiger partial charge is 0.117 e. The third-order valence-electron chi connectivity index (χ3n) is 1.40. The van der Waals surface area contributed by atoms with Gasteiger partial charge in [0.25, 0.3) is 0 Å². The van der Waals surface area contributed by atoms with Crippen LogP contribution in [0.1, 0.15) is 6.42 Å². The summed E-state index contributed by atoms with van der Waals surface area (Å²) < 4.78 is 17.0. The lowest BCUT2D eigenvalue weighted by molar-refractivity contribution is 0.0491. The van der Waals surface area contributed by atoms with Gasteiger partial charge in [0.15, 0.2) is 0 Å². The van der Waals surface area contributed by atoms with Crippen molar-refractivity contribution in [1.29, 1.82) is 0 Å². The van der Waals surface area contributed by atoms with Gasteiger partial charge < -0.3 is 10.1 Å². The third kappa shape index (κ3) is 2.28. The van der Waals surface area contributed by atoms with Crippen LogP contribution in [0.25, 0.3) is 0 Å². The van der Waals surface area contributed by atoms with Crippen molar-refractivity contribution in [2.45, 2.75) is 12.5 Å². The van der Waals surface area contributed by atoms with E-state index in [0.29, 0.717) is 13.2 Å². The highest BCUT2D eigenvalue weighted by Gasteiger charge is 2.10. The summed E-state index contributed by atoms with van der Waals surface area (Å²) in [5, 5.41) is 3.08. The lowest BCUT2D eigenvalue weighted by atomic mass is 10.4. The SMILES string of the molecule is FC[C@@H]1CNCCCO1. The van der Waals surface area contributed by atoms with Crippen LogP contribution in [0, 0.1) is 0 Å². The summed E-state index contributed by atoms with van der Waals surface area (Å²) in [7, 11) is 0. The highest BCUT2D eigenvalue weighted by molar-refractivity contribution is 4.63. The molecule has 9 heavy (non-hydrogen) atoms. The Morgan fingerprint density at radius 2 is 2.56 bits per heavy atom. The Hall–Kier alpha value is -0.150. The minimum atomic E-state index is -0.368. The molecule has 1 aliphatic heterocycles. The lowest BCUT2D eigenvalue weighted by Crippen LogP contribution is -2.27. The van der Waals surface area contributed by atoms with E-state index in [-0.39, 0.29) is 12.8 Å². The number of alkyl halides is 1. The maximum Gasteiger partial charge on any atom is 0.117 e. The molecule has 0 radical (unpaired) electrons. The van der Waals surface area contributed by atoms with Gasteiger partial charge in [-0.05, 0) is 13.0 Å². The summed E-state index contributed by atoms with van der Waals surface area (Å²) in [6.45, 7) is 1.95. The molecule has 1 fully saturated rings. The van der Waals surface area contributed by atoms with E-state index in [0.717, 1.165) is 13.0 Å². The minimum Gasteiger partial charge on any atom is -0.374 e. The maximum absolute atomic E-state index is 11.9. The molecule has 1 N–H and O–H groups in total. The van der Waals surface area contributed by atoms with E-state index in [9.17, 15) is 4.39 Å². The van der Waals surface area contributed by atoms with Crippen molar-refractivity contribution >= 4 is 0 Å². The Balaban J connectivity index is 2.18. The first-order chi connectivity index (χ1) is 4.43. The quantitative estimate of drug-likeness (QED) is 0.556. The third-order valence-corrected chi connectivity index (χ3v) is 1.40. The van der Waals surface area contributed by atoms with E-state index in [1.54, 1.807) is 0 Å². The molecule has 0 spiro atoms. The molecular formula is C6H12FNO. The van der Waals surface area contributed by atoms with Gasteiger partial charge in [0, 0.05) is 13.2 Å². The van der Waals surface area contributed by atoms with Gasteiger partial charge in [-0.3, -0.25) is 0 Å². The van der Waals surface area contributed by atoms with Gasteiger partial charge in [0.1, 0.15) is 6.67 Å². The summed E-state index contributed by atoms with van der Waals surface area (Å²) >= 11 is 0. The molecule has 1 saturated heterocycles. The van der Waals surface area contributed by atoms with Crippen LogP contribution in [-0.2, 0) is 4.74 Å². The van der Waals surface area contributed by atoms with Gasteiger partial charge in [-0.15, -0.1) is 0 Å². The Bertz CT molecular complexity index is 71.5. The van der Waals surface area contributed by atoms with Crippen molar-refractivity contribution < 1.29 is 9.13 Å². The van der Waals surface area contributed by atoms with Crippen LogP contribution >= 0.6 is 0 Å². The second-order valence-electron chi connectivity index (χ2n) is 2.20. The normalized spacial score (nSPS) is 29.7. The standard InChI is InChI=1S/C6H12FNO/c7-4-6-5-8-2-1-3-9-6/h6,8H,1-5H2/t6-/m1/s1. The molecule has 0 amide bonds. The number of rotatable bonds is 1. The average molecular weight is 133 g/mol. The fourth-order valence-corrected chi connectivity index (χ4v) is 0.868. The molecule has 1 heterocycles. The summed E-state index contributed by atoms with van der Waals surface area (Å²) in [4.78, 5) is 0. The van der Waals surface area contributed by atoms with Crippen LogP contribution in [0.15, 0.2) is 0 Å². The molecule has 0 aromatic rings. The molecule has 2 nitrogen and oxygen atoms in total. The topological polar surface area (TPSA) is 21.3 Å². The Morgan fingerprint density at radius 1 is 1.67 bits per heavy atom. The van der Waals surface area contributed by atoms with Crippen molar-refractivity contribution in [3.8, 4) is 0 Å². The Kier molecular flexibility index (Phi) is 2.94. The van der Waals surface area contributed by atoms with Crippen LogP contribution in [-0.4, -0.2) is 32.5 Å². The predicted molar refractivity (Wildman–Crippen MR) is 33.2 cm³/mol. The zero-order valence-electron chi connectivity index (χ0n) is 5.40. The predicted octanol–water partition coefficient (Wildman–Crippen LogP) is 0.334. The summed E-state index contributed by atoms with van der Waals surface area (Å²) in [6, 6.07) is 0. The van der Waals surface area contributed by atoms with Crippen molar-refractivity contribution in [3.05, 3.63) is 0 Å². The van der Waals surface area contributed by atoms with Crippen LogP contribution in [0.3, 0.4) is 0 Å². The summed E-state index contributed by atoms with van der Waals surface area (Å²) in [5.41, 5.74) is 0. The minimum absolute atomic E-state index is 0.201. The highest BCUT2D eigenvalue weighted by Crippen LogP contribution is 1.96. The van der Waals surface area contributed by atoms with E-state index >= 15 is 0 Å². The number of hydrogen-bond donors (Lipinski definition) is 1. The van der Waals surface area contributed by atoms with E-state index in [2.05, 4.69) is 5.32 Å². The molecule has 3 heteroatoms. The van der Waals surface area contributed by atoms with Crippen LogP contribution in [0.5, 0.6) is 0 Å². The molecule has 54 valence electrons. The van der Waals surface area contributed by atoms with Gasteiger partial charge >= 0.3 is 0 Å². The molecule has 0 aliphatic carbocycles. The highest BCUT2D eigenvalue weighted by atomic mass is 19.1. The van der Waals surface area contributed by atoms with Crippen molar-refractivity contribution in [3.63, 3.8) is 0 Å². The Morgan fingerprint density at radius 3 is 3.33 bits per heavy atom. The molecular weight excluding hydrogens is 121 g/mol. The molecule has 1 atom stereocenters. The van der Waals surface area contributed by atoms with Crippen LogP contribution in [0.4, 0.5) is 4.39 Å². The monoisotopic (exact) mass is 133 g/mol. The largest absolute Gasteiger partial charge is 0.374 e. The van der Waals surface area contributed by atoms with Crippen molar-refractivity contribution in [2.24, 2.45) is 0 Å². The van der Waals surface area contributed by atoms with E-state index in [1.165, 1.54) is 0 Å². The van der Waals surface area contributed by atoms with Gasteiger partial charge in [0.05, 0.1) is 6.10 Å². The van der Waals surface area contributed by atoms with Crippen LogP contribution < -0.4 is 5.32 Å². The number of nitrogens with one attached hydrogen (secondary N) is 1. The summed E-state index contributed by atoms with van der Waals surface area (Å²) in [6.07, 6.45) is 0.795. The van der Waals surface area contributed by atoms with Crippen molar-refractivity contribution in [1.82, 2.24) is 5.32 Å². The van der Waals surface area contributed by atoms with Gasteiger partial charge in [0.2, 0.25) is 0 Å². The van der Waals surface area contributed by atoms with Crippen molar-refractivity contribution in [2.75, 3.05) is 26.4 Å². The summed E-state index contributed by atoms with van der Waals surface area (Å²) in [5.74, 6) is 0. The van der Waals surface area contributed by atoms with Gasteiger partial charge in [-0.25, -0.2) is 4.39 Å². The van der Waals surface area contributed by atoms with Crippen LogP contribution in [0.2, 0.25) is 0 Å². The zero-order chi connectivity index (χ0) is 6.53. The average Bonchev–Trinajstić information content (AvgIpc) is 2.13. The second kappa shape index (κ2) is 3.80. The first-order valence-electron chi connectivity index (χ1n) is 3.32. The number of hydrogen-bond acceptors (Lipinski definition) is 2. The van der Waals surface area contributed by atoms with Gasteiger partial charge in [-0.2, -0.15) is 0 Å². The molecule has 0 aromatic heterocycles. The van der Waals surface area contributed by atoms with E-state index in [1.807, 2.05) is 0 Å². The maximum atomic E-state index is 11.9. The first kappa shape index (κ1) is 6.96. The molecule has 0 aromatic carbocycles. The van der Waals surface area contributed by atoms with Gasteiger partial charge in [-0.1, -0.05) is 0 Å². The zero-order valence-corrected chi connectivity index (χ0v) is 5.40. The molecule has 0 bridgehead atoms. The molecule has 1 aliphatic rings. The molecule has 0 unspecified atom stereocenters. The van der Waals surface area contributed by atoms with E-state index in [4.69, 9.17) is 4.74 Å². The fraction of sp³-hybridized carbons (Fsp3) is 1.00.